The van der Waals surface area contributed by atoms with Gasteiger partial charge in [0, 0.05) is 90.5 Å². The zero-order chi connectivity index (χ0) is 54.2. The fourth-order valence-corrected chi connectivity index (χ4v) is 18.6. The molecule has 2 bridgehead atoms. The molecule has 11 nitrogen and oxygen atoms in total. The van der Waals surface area contributed by atoms with Gasteiger partial charge in [0.1, 0.15) is 11.9 Å². The standard InChI is InChI=1S/C58H108O11Si2/c1-37(2)71(38(3)4,39(5)6)66-33-32-42(9)56(65-20)43(10)50(59)30-28-41(8)55(61)46(13)57-45(12)53(64-19)36-52(63-18)44(11)51(62-17)35-48-25-23-24-47(67-48)34-49(69-70(21,22)58(14,15)16)29-26-40(7)27-31-54(60)68-57/h23-24,26-27,31,37-39,41-49,51-53,55-57,61H,25,28-30,32-36H2,1-22H3/b31-27+,40-26+/t41-,42+,43-,44+,45-,46-,47-,48-,49-,51-,52-,53+,55-,56+,57-/m0/s1. The van der Waals surface area contributed by atoms with E-state index in [2.05, 4.69) is 107 Å². The van der Waals surface area contributed by atoms with Crippen molar-refractivity contribution < 1.29 is 52.0 Å². The van der Waals surface area contributed by atoms with Crippen LogP contribution in [0.25, 0.3) is 0 Å². The second kappa shape index (κ2) is 30.3. The van der Waals surface area contributed by atoms with Gasteiger partial charge >= 0.3 is 5.97 Å². The van der Waals surface area contributed by atoms with Gasteiger partial charge in [-0.25, -0.2) is 4.79 Å². The molecule has 414 valence electrons. The van der Waals surface area contributed by atoms with E-state index in [1.807, 2.05) is 34.6 Å². The highest BCUT2D eigenvalue weighted by Crippen LogP contribution is 2.43. The molecular formula is C58H108O11Si2. The summed E-state index contributed by atoms with van der Waals surface area (Å²) in [7, 11) is 2.70. The van der Waals surface area contributed by atoms with E-state index in [-0.39, 0.29) is 77.0 Å². The Morgan fingerprint density at radius 2 is 1.35 bits per heavy atom. The molecule has 0 amide bonds. The Morgan fingerprint density at radius 1 is 0.789 bits per heavy atom. The van der Waals surface area contributed by atoms with E-state index in [1.54, 1.807) is 34.5 Å². The number of rotatable bonds is 22. The van der Waals surface area contributed by atoms with Crippen LogP contribution in [0.15, 0.2) is 36.0 Å². The summed E-state index contributed by atoms with van der Waals surface area (Å²) in [5.74, 6) is -1.72. The molecule has 0 aromatic carbocycles. The largest absolute Gasteiger partial charge is 0.458 e. The average molecular weight is 1040 g/mol. The quantitative estimate of drug-likeness (QED) is 0.0632. The van der Waals surface area contributed by atoms with Crippen LogP contribution in [0, 0.1) is 35.5 Å². The molecule has 2 aliphatic rings. The molecule has 0 unspecified atom stereocenters. The van der Waals surface area contributed by atoms with Crippen molar-refractivity contribution in [1.29, 1.82) is 0 Å². The highest BCUT2D eigenvalue weighted by Gasteiger charge is 2.46. The third kappa shape index (κ3) is 18.9. The number of hydrogen-bond acceptors (Lipinski definition) is 11. The molecule has 71 heavy (non-hydrogen) atoms. The van der Waals surface area contributed by atoms with Crippen LogP contribution in [0.1, 0.15) is 162 Å². The minimum atomic E-state index is -2.14. The lowest BCUT2D eigenvalue weighted by atomic mass is 9.78. The molecule has 2 heterocycles. The fourth-order valence-electron chi connectivity index (χ4n) is 11.7. The Balaban J connectivity index is 2.42. The first kappa shape index (κ1) is 65.6. The molecule has 0 aromatic heterocycles. The number of methoxy groups -OCH3 is 4. The van der Waals surface area contributed by atoms with Crippen molar-refractivity contribution in [3.63, 3.8) is 0 Å². The van der Waals surface area contributed by atoms with E-state index in [0.29, 0.717) is 61.8 Å². The molecule has 0 saturated carbocycles. The highest BCUT2D eigenvalue weighted by molar-refractivity contribution is 6.77. The average Bonchev–Trinajstić information content (AvgIpc) is 3.30. The molecule has 1 N–H and O–H groups in total. The van der Waals surface area contributed by atoms with Crippen LogP contribution in [0.5, 0.6) is 0 Å². The van der Waals surface area contributed by atoms with Crippen LogP contribution in [0.2, 0.25) is 34.8 Å². The summed E-state index contributed by atoms with van der Waals surface area (Å²) in [6.07, 6.45) is 11.9. The SMILES string of the molecule is CO[C@H]([C@H](C)CCO[Si](C(C)C)(C(C)C)C(C)C)[C@@H](C)C(=O)CC[C@H](C)[C@H](O)[C@H](C)[C@H]1OC(=O)/C=C/C(C)=C/C[C@H](O[Si](C)(C)C(C)(C)C)C[C@@H]2C=CC[C@@H](C[C@H](OC)[C@@H](C)[C@@H](OC)C[C@@H](OC)[C@@H]1C)O2. The van der Waals surface area contributed by atoms with E-state index in [1.165, 1.54) is 6.08 Å². The maximum Gasteiger partial charge on any atom is 0.331 e. The van der Waals surface area contributed by atoms with Crippen molar-refractivity contribution in [3.05, 3.63) is 36.0 Å². The first-order valence-electron chi connectivity index (χ1n) is 27.5. The van der Waals surface area contributed by atoms with Crippen LogP contribution in [-0.2, 0) is 46.9 Å². The summed E-state index contributed by atoms with van der Waals surface area (Å²) in [5, 5.41) is 12.2. The van der Waals surface area contributed by atoms with E-state index >= 15 is 0 Å². The Hall–Kier alpha value is -1.53. The maximum absolute atomic E-state index is 13.9. The van der Waals surface area contributed by atoms with Gasteiger partial charge in [-0.05, 0) is 79.2 Å². The fraction of sp³-hybridized carbons (Fsp3) is 0.862. The Kier molecular flexibility index (Phi) is 28.0. The smallest absolute Gasteiger partial charge is 0.331 e. The number of ketones is 1. The number of hydrogen-bond donors (Lipinski definition) is 1. The number of allylic oxidation sites excluding steroid dienone is 2. The van der Waals surface area contributed by atoms with E-state index in [0.717, 1.165) is 18.4 Å². The lowest BCUT2D eigenvalue weighted by molar-refractivity contribution is -0.159. The van der Waals surface area contributed by atoms with E-state index in [9.17, 15) is 14.7 Å². The number of ether oxygens (including phenoxy) is 6. The van der Waals surface area contributed by atoms with Crippen LogP contribution in [0.3, 0.4) is 0 Å². The van der Waals surface area contributed by atoms with Crippen molar-refractivity contribution in [2.24, 2.45) is 35.5 Å². The molecule has 0 radical (unpaired) electrons. The van der Waals surface area contributed by atoms with Gasteiger partial charge in [0.25, 0.3) is 0 Å². The molecule has 15 atom stereocenters. The summed E-state index contributed by atoms with van der Waals surface area (Å²) in [6.45, 7) is 40.0. The number of fused-ring (bicyclic) bond motifs is 2. The molecule has 2 aliphatic heterocycles. The topological polar surface area (TPSA) is 128 Å². The van der Waals surface area contributed by atoms with E-state index < -0.39 is 46.8 Å². The lowest BCUT2D eigenvalue weighted by Gasteiger charge is -2.42. The van der Waals surface area contributed by atoms with E-state index in [4.69, 9.17) is 37.3 Å². The van der Waals surface area contributed by atoms with Crippen LogP contribution in [0.4, 0.5) is 0 Å². The third-order valence-electron chi connectivity index (χ3n) is 17.4. The van der Waals surface area contributed by atoms with Gasteiger partial charge in [-0.3, -0.25) is 4.79 Å². The van der Waals surface area contributed by atoms with Crippen LogP contribution >= 0.6 is 0 Å². The van der Waals surface area contributed by atoms with Crippen LogP contribution < -0.4 is 0 Å². The van der Waals surface area contributed by atoms with Crippen molar-refractivity contribution in [1.82, 2.24) is 0 Å². The van der Waals surface area contributed by atoms with Gasteiger partial charge < -0.3 is 42.4 Å². The summed E-state index contributed by atoms with van der Waals surface area (Å²) in [4.78, 5) is 27.8. The van der Waals surface area contributed by atoms with Gasteiger partial charge in [0.2, 0.25) is 0 Å². The maximum atomic E-state index is 13.9. The van der Waals surface area contributed by atoms with Gasteiger partial charge in [0.15, 0.2) is 16.6 Å². The number of cyclic esters (lactones) is 1. The lowest BCUT2D eigenvalue weighted by Crippen LogP contribution is -2.48. The number of esters is 1. The third-order valence-corrected chi connectivity index (χ3v) is 28.1. The second-order valence-corrected chi connectivity index (χ2v) is 34.6. The Bertz CT molecular complexity index is 1630. The highest BCUT2D eigenvalue weighted by atomic mass is 28.4. The minimum Gasteiger partial charge on any atom is -0.458 e. The number of aliphatic hydroxyl groups is 1. The number of aliphatic hydroxyl groups excluding tert-OH is 1. The van der Waals surface area contributed by atoms with Gasteiger partial charge in [-0.2, -0.15) is 0 Å². The Labute approximate surface area is 436 Å². The minimum absolute atomic E-state index is 0.0284. The summed E-state index contributed by atoms with van der Waals surface area (Å²) >= 11 is 0. The van der Waals surface area contributed by atoms with Gasteiger partial charge in [0.05, 0.1) is 48.8 Å². The zero-order valence-electron chi connectivity index (χ0n) is 49.2. The predicted octanol–water partition coefficient (Wildman–Crippen LogP) is 13.2. The van der Waals surface area contributed by atoms with Gasteiger partial charge in [-0.1, -0.05) is 134 Å². The normalized spacial score (nSPS) is 30.0. The molecule has 0 fully saturated rings. The molecule has 0 spiro atoms. The molecule has 0 aliphatic carbocycles. The molecule has 0 aromatic rings. The monoisotopic (exact) mass is 1040 g/mol. The van der Waals surface area contributed by atoms with Gasteiger partial charge in [-0.15, -0.1) is 0 Å². The Morgan fingerprint density at radius 3 is 1.89 bits per heavy atom. The summed E-state index contributed by atoms with van der Waals surface area (Å²) in [6, 6.07) is 0. The summed E-state index contributed by atoms with van der Waals surface area (Å²) < 4.78 is 51.8. The predicted molar refractivity (Wildman–Crippen MR) is 296 cm³/mol. The van der Waals surface area contributed by atoms with Crippen LogP contribution in [-0.4, -0.2) is 123 Å². The van der Waals surface area contributed by atoms with Crippen molar-refractivity contribution in [2.45, 2.75) is 252 Å². The molecule has 13 heteroatoms. The zero-order valence-corrected chi connectivity index (χ0v) is 51.2. The number of carbonyl (C=O) groups excluding carboxylic acids is 2. The first-order valence-corrected chi connectivity index (χ1v) is 32.6. The van der Waals surface area contributed by atoms with Crippen molar-refractivity contribution >= 4 is 28.4 Å². The summed E-state index contributed by atoms with van der Waals surface area (Å²) in [5.41, 5.74) is 2.43. The van der Waals surface area contributed by atoms with Crippen molar-refractivity contribution in [3.8, 4) is 0 Å². The second-order valence-electron chi connectivity index (χ2n) is 24.4. The molecule has 2 rings (SSSR count). The number of carbonyl (C=O) groups is 2. The number of Topliss-reactive ketones (excluding diaryl/α,β-unsaturated/α-hetero) is 1. The van der Waals surface area contributed by atoms with Crippen molar-refractivity contribution in [2.75, 3.05) is 35.0 Å². The molecule has 0 saturated heterocycles. The first-order chi connectivity index (χ1) is 33.0. The molecular weight excluding hydrogens is 929 g/mol.